The molecule has 3 nitrogen and oxygen atoms in total. The number of hydrogen-bond acceptors (Lipinski definition) is 2. The molecule has 21 heavy (non-hydrogen) atoms. The number of nitrogens with one attached hydrogen (secondary N) is 1. The molecule has 0 bridgehead atoms. The summed E-state index contributed by atoms with van der Waals surface area (Å²) in [7, 11) is 0. The lowest BCUT2D eigenvalue weighted by atomic mass is 10.2. The van der Waals surface area contributed by atoms with Crippen LogP contribution in [0.1, 0.15) is 22.8 Å². The summed E-state index contributed by atoms with van der Waals surface area (Å²) in [5.74, 6) is 0.716. The zero-order chi connectivity index (χ0) is 15.2. The number of halogens is 1. The van der Waals surface area contributed by atoms with Gasteiger partial charge >= 0.3 is 0 Å². The van der Waals surface area contributed by atoms with E-state index in [1.165, 1.54) is 5.56 Å². The van der Waals surface area contributed by atoms with Gasteiger partial charge in [-0.1, -0.05) is 33.6 Å². The molecule has 110 valence electrons. The quantitative estimate of drug-likeness (QED) is 0.888. The highest BCUT2D eigenvalue weighted by atomic mass is 79.9. The van der Waals surface area contributed by atoms with Crippen LogP contribution in [0, 0.1) is 6.92 Å². The first kappa shape index (κ1) is 15.6. The highest BCUT2D eigenvalue weighted by molar-refractivity contribution is 9.10. The average Bonchev–Trinajstić information content (AvgIpc) is 2.47. The molecule has 0 unspecified atom stereocenters. The average molecular weight is 348 g/mol. The van der Waals surface area contributed by atoms with Crippen molar-refractivity contribution in [1.29, 1.82) is 0 Å². The minimum atomic E-state index is -0.0949. The Kier molecular flexibility index (Phi) is 5.39. The maximum Gasteiger partial charge on any atom is 0.251 e. The smallest absolute Gasteiger partial charge is 0.251 e. The number of rotatable bonds is 5. The third-order valence-corrected chi connectivity index (χ3v) is 3.53. The molecule has 1 atom stereocenters. The van der Waals surface area contributed by atoms with Crippen molar-refractivity contribution < 1.29 is 9.53 Å². The zero-order valence-electron chi connectivity index (χ0n) is 12.1. The van der Waals surface area contributed by atoms with Gasteiger partial charge in [-0.05, 0) is 50.2 Å². The van der Waals surface area contributed by atoms with Gasteiger partial charge in [-0.15, -0.1) is 0 Å². The maximum absolute atomic E-state index is 12.0. The lowest BCUT2D eigenvalue weighted by Gasteiger charge is -2.15. The second-order valence-corrected chi connectivity index (χ2v) is 5.92. The molecule has 2 rings (SSSR count). The van der Waals surface area contributed by atoms with Gasteiger partial charge < -0.3 is 10.1 Å². The Hall–Kier alpha value is -1.81. The van der Waals surface area contributed by atoms with Crippen molar-refractivity contribution in [3.63, 3.8) is 0 Å². The molecule has 0 radical (unpaired) electrons. The molecule has 1 N–H and O–H groups in total. The fraction of sp³-hybridized carbons (Fsp3) is 0.235. The topological polar surface area (TPSA) is 38.3 Å². The molecule has 1 amide bonds. The molecular weight excluding hydrogens is 330 g/mol. The molecule has 0 heterocycles. The molecule has 0 aromatic heterocycles. The van der Waals surface area contributed by atoms with Crippen LogP contribution in [0.15, 0.2) is 53.0 Å². The zero-order valence-corrected chi connectivity index (χ0v) is 13.7. The molecule has 0 aliphatic carbocycles. The van der Waals surface area contributed by atoms with E-state index in [1.54, 1.807) is 12.1 Å². The highest BCUT2D eigenvalue weighted by Gasteiger charge is 2.10. The lowest BCUT2D eigenvalue weighted by molar-refractivity contribution is 0.0926. The summed E-state index contributed by atoms with van der Waals surface area (Å²) in [5, 5.41) is 2.92. The summed E-state index contributed by atoms with van der Waals surface area (Å²) in [6, 6.07) is 15.1. The van der Waals surface area contributed by atoms with E-state index in [4.69, 9.17) is 4.74 Å². The van der Waals surface area contributed by atoms with E-state index >= 15 is 0 Å². The van der Waals surface area contributed by atoms with Crippen molar-refractivity contribution in [2.24, 2.45) is 0 Å². The van der Waals surface area contributed by atoms with E-state index in [0.717, 1.165) is 10.2 Å². The molecule has 0 saturated carbocycles. The van der Waals surface area contributed by atoms with Gasteiger partial charge in [0.25, 0.3) is 5.91 Å². The normalized spacial score (nSPS) is 11.8. The predicted molar refractivity (Wildman–Crippen MR) is 87.7 cm³/mol. The Balaban J connectivity index is 1.83. The maximum atomic E-state index is 12.0. The van der Waals surface area contributed by atoms with Gasteiger partial charge in [0.2, 0.25) is 0 Å². The van der Waals surface area contributed by atoms with Gasteiger partial charge in [0.1, 0.15) is 12.4 Å². The first-order valence-corrected chi connectivity index (χ1v) is 7.60. The van der Waals surface area contributed by atoms with E-state index in [-0.39, 0.29) is 11.9 Å². The summed E-state index contributed by atoms with van der Waals surface area (Å²) >= 11 is 3.35. The van der Waals surface area contributed by atoms with Crippen molar-refractivity contribution >= 4 is 21.8 Å². The van der Waals surface area contributed by atoms with Gasteiger partial charge in [-0.25, -0.2) is 0 Å². The molecule has 0 aliphatic heterocycles. The lowest BCUT2D eigenvalue weighted by Crippen LogP contribution is -2.36. The highest BCUT2D eigenvalue weighted by Crippen LogP contribution is 2.12. The van der Waals surface area contributed by atoms with E-state index in [2.05, 4.69) is 21.2 Å². The van der Waals surface area contributed by atoms with Crippen molar-refractivity contribution in [2.75, 3.05) is 6.61 Å². The molecule has 0 fully saturated rings. The second-order valence-electron chi connectivity index (χ2n) is 5.01. The molecule has 2 aromatic rings. The number of aryl methyl sites for hydroxylation is 1. The molecule has 0 spiro atoms. The summed E-state index contributed by atoms with van der Waals surface area (Å²) in [6.45, 7) is 4.39. The first-order valence-electron chi connectivity index (χ1n) is 6.80. The first-order chi connectivity index (χ1) is 10.0. The van der Waals surface area contributed by atoms with Crippen molar-refractivity contribution in [2.45, 2.75) is 19.9 Å². The van der Waals surface area contributed by atoms with Gasteiger partial charge in [0, 0.05) is 10.0 Å². The third kappa shape index (κ3) is 4.90. The van der Waals surface area contributed by atoms with Gasteiger partial charge in [-0.2, -0.15) is 0 Å². The van der Waals surface area contributed by atoms with Crippen LogP contribution in [0.4, 0.5) is 0 Å². The van der Waals surface area contributed by atoms with Crippen LogP contribution >= 0.6 is 15.9 Å². The Morgan fingerprint density at radius 2 is 1.76 bits per heavy atom. The minimum Gasteiger partial charge on any atom is -0.491 e. The van der Waals surface area contributed by atoms with Crippen LogP contribution in [-0.4, -0.2) is 18.6 Å². The Morgan fingerprint density at radius 3 is 2.38 bits per heavy atom. The fourth-order valence-corrected chi connectivity index (χ4v) is 2.07. The Labute approximate surface area is 133 Å². The SMILES string of the molecule is Cc1ccc(OC[C@H](C)NC(=O)c2ccc(Br)cc2)cc1. The Morgan fingerprint density at radius 1 is 1.14 bits per heavy atom. The van der Waals surface area contributed by atoms with Crippen molar-refractivity contribution in [3.05, 3.63) is 64.1 Å². The van der Waals surface area contributed by atoms with Crippen LogP contribution in [0.2, 0.25) is 0 Å². The van der Waals surface area contributed by atoms with E-state index in [1.807, 2.05) is 50.2 Å². The van der Waals surface area contributed by atoms with Gasteiger partial charge in [0.05, 0.1) is 6.04 Å². The van der Waals surface area contributed by atoms with Crippen LogP contribution in [0.3, 0.4) is 0 Å². The van der Waals surface area contributed by atoms with Crippen molar-refractivity contribution in [1.82, 2.24) is 5.32 Å². The van der Waals surface area contributed by atoms with E-state index in [0.29, 0.717) is 12.2 Å². The van der Waals surface area contributed by atoms with Crippen LogP contribution in [-0.2, 0) is 0 Å². The molecular formula is C17H18BrNO2. The number of carbonyl (C=O) groups excluding carboxylic acids is 1. The van der Waals surface area contributed by atoms with Crippen LogP contribution in [0.5, 0.6) is 5.75 Å². The van der Waals surface area contributed by atoms with Crippen LogP contribution in [0.25, 0.3) is 0 Å². The van der Waals surface area contributed by atoms with Crippen LogP contribution < -0.4 is 10.1 Å². The number of amides is 1. The summed E-state index contributed by atoms with van der Waals surface area (Å²) in [4.78, 5) is 12.0. The number of hydrogen-bond donors (Lipinski definition) is 1. The van der Waals surface area contributed by atoms with Crippen molar-refractivity contribution in [3.8, 4) is 5.75 Å². The Bertz CT molecular complexity index is 593. The van der Waals surface area contributed by atoms with E-state index < -0.39 is 0 Å². The van der Waals surface area contributed by atoms with E-state index in [9.17, 15) is 4.79 Å². The third-order valence-electron chi connectivity index (χ3n) is 3.00. The molecule has 0 aliphatic rings. The molecule has 2 aromatic carbocycles. The predicted octanol–water partition coefficient (Wildman–Crippen LogP) is 3.95. The largest absolute Gasteiger partial charge is 0.491 e. The number of ether oxygens (including phenoxy) is 1. The fourth-order valence-electron chi connectivity index (χ4n) is 1.81. The monoisotopic (exact) mass is 347 g/mol. The van der Waals surface area contributed by atoms with Gasteiger partial charge in [-0.3, -0.25) is 4.79 Å². The summed E-state index contributed by atoms with van der Waals surface area (Å²) in [6.07, 6.45) is 0. The summed E-state index contributed by atoms with van der Waals surface area (Å²) < 4.78 is 6.61. The molecule has 4 heteroatoms. The summed E-state index contributed by atoms with van der Waals surface area (Å²) in [5.41, 5.74) is 1.83. The minimum absolute atomic E-state index is 0.0672. The standard InChI is InChI=1S/C17H18BrNO2/c1-12-3-9-16(10-4-12)21-11-13(2)19-17(20)14-5-7-15(18)8-6-14/h3-10,13H,11H2,1-2H3,(H,19,20)/t13-/m0/s1. The number of carbonyl (C=O) groups is 1. The number of benzene rings is 2. The molecule has 0 saturated heterocycles. The second kappa shape index (κ2) is 7.27. The van der Waals surface area contributed by atoms with Gasteiger partial charge in [0.15, 0.2) is 0 Å².